The number of ether oxygens (including phenoxy) is 1. The van der Waals surface area contributed by atoms with Crippen LogP contribution in [0.25, 0.3) is 0 Å². The van der Waals surface area contributed by atoms with E-state index in [1.807, 2.05) is 0 Å². The lowest BCUT2D eigenvalue weighted by Gasteiger charge is -2.17. The van der Waals surface area contributed by atoms with E-state index in [2.05, 4.69) is 10.6 Å². The topological polar surface area (TPSA) is 128 Å². The molecule has 1 atom stereocenters. The Labute approximate surface area is 164 Å². The van der Waals surface area contributed by atoms with Crippen LogP contribution in [-0.4, -0.2) is 35.5 Å². The highest BCUT2D eigenvalue weighted by Gasteiger charge is 2.22. The summed E-state index contributed by atoms with van der Waals surface area (Å²) in [6, 6.07) is 10.8. The van der Waals surface area contributed by atoms with Crippen LogP contribution in [0.4, 0.5) is 11.4 Å². The Morgan fingerprint density at radius 2 is 1.82 bits per heavy atom. The van der Waals surface area contributed by atoms with Crippen LogP contribution in [0.1, 0.15) is 27.6 Å². The van der Waals surface area contributed by atoms with Crippen molar-refractivity contribution in [2.45, 2.75) is 17.9 Å². The Hall–Kier alpha value is -3.33. The van der Waals surface area contributed by atoms with Crippen LogP contribution in [0, 0.1) is 0 Å². The molecule has 0 bridgehead atoms. The third-order valence-corrected chi connectivity index (χ3v) is 5.01. The van der Waals surface area contributed by atoms with Gasteiger partial charge < -0.3 is 21.1 Å². The Bertz CT molecular complexity index is 959. The Balaban J connectivity index is 1.62. The van der Waals surface area contributed by atoms with Gasteiger partial charge in [0, 0.05) is 16.1 Å². The van der Waals surface area contributed by atoms with Gasteiger partial charge in [0.05, 0.1) is 17.0 Å². The Morgan fingerprint density at radius 3 is 2.50 bits per heavy atom. The van der Waals surface area contributed by atoms with Gasteiger partial charge in [-0.25, -0.2) is 4.79 Å². The van der Waals surface area contributed by atoms with Gasteiger partial charge in [-0.15, -0.1) is 11.8 Å². The first kappa shape index (κ1) is 19.4. The largest absolute Gasteiger partial charge is 0.449 e. The van der Waals surface area contributed by atoms with Gasteiger partial charge in [-0.05, 0) is 49.4 Å². The molecule has 8 nitrogen and oxygen atoms in total. The zero-order chi connectivity index (χ0) is 20.3. The molecule has 144 valence electrons. The van der Waals surface area contributed by atoms with Crippen LogP contribution in [0.15, 0.2) is 47.4 Å². The molecule has 28 heavy (non-hydrogen) atoms. The molecule has 1 aliphatic heterocycles. The third kappa shape index (κ3) is 4.49. The molecular formula is C19H17N3O5S. The van der Waals surface area contributed by atoms with E-state index in [0.29, 0.717) is 22.7 Å². The van der Waals surface area contributed by atoms with Crippen molar-refractivity contribution >= 4 is 46.8 Å². The van der Waals surface area contributed by atoms with Crippen LogP contribution in [0.3, 0.4) is 0 Å². The molecule has 4 N–H and O–H groups in total. The monoisotopic (exact) mass is 399 g/mol. The minimum Gasteiger partial charge on any atom is -0.449 e. The number of benzene rings is 2. The number of fused-ring (bicyclic) bond motifs is 1. The third-order valence-electron chi connectivity index (χ3n) is 3.94. The van der Waals surface area contributed by atoms with Crippen LogP contribution in [0.2, 0.25) is 0 Å². The number of rotatable bonds is 5. The van der Waals surface area contributed by atoms with E-state index in [-0.39, 0.29) is 11.5 Å². The van der Waals surface area contributed by atoms with E-state index >= 15 is 0 Å². The fourth-order valence-corrected chi connectivity index (χ4v) is 3.24. The molecule has 0 saturated carbocycles. The maximum absolute atomic E-state index is 12.3. The Kier molecular flexibility index (Phi) is 5.65. The number of thioether (sulfide) groups is 1. The molecule has 2 aromatic carbocycles. The molecule has 0 spiro atoms. The summed E-state index contributed by atoms with van der Waals surface area (Å²) in [5.74, 6) is -1.59. The summed E-state index contributed by atoms with van der Waals surface area (Å²) in [4.78, 5) is 48.0. The second-order valence-electron chi connectivity index (χ2n) is 6.03. The number of esters is 1. The molecule has 3 rings (SSSR count). The van der Waals surface area contributed by atoms with E-state index in [0.717, 1.165) is 4.90 Å². The van der Waals surface area contributed by atoms with Gasteiger partial charge >= 0.3 is 5.97 Å². The summed E-state index contributed by atoms with van der Waals surface area (Å²) in [5.41, 5.74) is 6.69. The van der Waals surface area contributed by atoms with E-state index in [4.69, 9.17) is 10.5 Å². The second kappa shape index (κ2) is 8.13. The van der Waals surface area contributed by atoms with Gasteiger partial charge in [0.25, 0.3) is 5.91 Å². The lowest BCUT2D eigenvalue weighted by atomic mass is 10.2. The van der Waals surface area contributed by atoms with Gasteiger partial charge in [-0.2, -0.15) is 0 Å². The fourth-order valence-electron chi connectivity index (χ4n) is 2.45. The number of primary amides is 1. The minimum atomic E-state index is -1.05. The SMILES string of the molecule is C[C@@H](OC(=O)c1ccc2c(c1)NC(=O)CS2)C(=O)Nc1ccc(C(N)=O)cc1. The molecule has 0 saturated heterocycles. The molecule has 2 aromatic rings. The number of anilines is 2. The van der Waals surface area contributed by atoms with Crippen LogP contribution >= 0.6 is 11.8 Å². The van der Waals surface area contributed by atoms with Gasteiger partial charge in [-0.3, -0.25) is 14.4 Å². The molecule has 0 fully saturated rings. The van der Waals surface area contributed by atoms with Crippen molar-refractivity contribution < 1.29 is 23.9 Å². The summed E-state index contributed by atoms with van der Waals surface area (Å²) < 4.78 is 5.21. The zero-order valence-corrected chi connectivity index (χ0v) is 15.7. The smallest absolute Gasteiger partial charge is 0.338 e. The normalized spacial score (nSPS) is 13.7. The number of carbonyl (C=O) groups excluding carboxylic acids is 4. The molecule has 0 radical (unpaired) electrons. The number of hydrogen-bond acceptors (Lipinski definition) is 6. The fraction of sp³-hybridized carbons (Fsp3) is 0.158. The van der Waals surface area contributed by atoms with Crippen LogP contribution in [0.5, 0.6) is 0 Å². The molecular weight excluding hydrogens is 382 g/mol. The molecule has 9 heteroatoms. The summed E-state index contributed by atoms with van der Waals surface area (Å²) >= 11 is 1.38. The highest BCUT2D eigenvalue weighted by atomic mass is 32.2. The van der Waals surface area contributed by atoms with Gasteiger partial charge in [0.2, 0.25) is 11.8 Å². The molecule has 3 amide bonds. The lowest BCUT2D eigenvalue weighted by molar-refractivity contribution is -0.123. The molecule has 0 unspecified atom stereocenters. The first-order valence-corrected chi connectivity index (χ1v) is 9.30. The van der Waals surface area contributed by atoms with E-state index in [9.17, 15) is 19.2 Å². The highest BCUT2D eigenvalue weighted by molar-refractivity contribution is 8.00. The average Bonchev–Trinajstić information content (AvgIpc) is 2.67. The van der Waals surface area contributed by atoms with Crippen molar-refractivity contribution in [3.8, 4) is 0 Å². The predicted octanol–water partition coefficient (Wildman–Crippen LogP) is 2.01. The first-order chi connectivity index (χ1) is 13.3. The summed E-state index contributed by atoms with van der Waals surface area (Å²) in [6.07, 6.45) is -1.05. The summed E-state index contributed by atoms with van der Waals surface area (Å²) in [5, 5.41) is 5.29. The molecule has 0 aromatic heterocycles. The maximum Gasteiger partial charge on any atom is 0.338 e. The van der Waals surface area contributed by atoms with Gasteiger partial charge in [0.1, 0.15) is 0 Å². The quantitative estimate of drug-likeness (QED) is 0.660. The summed E-state index contributed by atoms with van der Waals surface area (Å²) in [7, 11) is 0. The Morgan fingerprint density at radius 1 is 1.14 bits per heavy atom. The van der Waals surface area contributed by atoms with Gasteiger partial charge in [-0.1, -0.05) is 0 Å². The van der Waals surface area contributed by atoms with Crippen molar-refractivity contribution in [3.05, 3.63) is 53.6 Å². The van der Waals surface area contributed by atoms with E-state index in [1.54, 1.807) is 12.1 Å². The minimum absolute atomic E-state index is 0.141. The van der Waals surface area contributed by atoms with Gasteiger partial charge in [0.15, 0.2) is 6.10 Å². The zero-order valence-electron chi connectivity index (χ0n) is 14.9. The predicted molar refractivity (Wildman–Crippen MR) is 104 cm³/mol. The van der Waals surface area contributed by atoms with Crippen molar-refractivity contribution in [2.24, 2.45) is 5.73 Å². The van der Waals surface area contributed by atoms with Crippen LogP contribution < -0.4 is 16.4 Å². The maximum atomic E-state index is 12.3. The number of carbonyl (C=O) groups is 4. The van der Waals surface area contributed by atoms with Crippen molar-refractivity contribution in [1.82, 2.24) is 0 Å². The van der Waals surface area contributed by atoms with E-state index in [1.165, 1.54) is 49.0 Å². The number of nitrogens with one attached hydrogen (secondary N) is 2. The van der Waals surface area contributed by atoms with Crippen molar-refractivity contribution in [2.75, 3.05) is 16.4 Å². The second-order valence-corrected chi connectivity index (χ2v) is 7.04. The average molecular weight is 399 g/mol. The lowest BCUT2D eigenvalue weighted by Crippen LogP contribution is -2.30. The first-order valence-electron chi connectivity index (χ1n) is 8.32. The van der Waals surface area contributed by atoms with Crippen molar-refractivity contribution in [1.29, 1.82) is 0 Å². The van der Waals surface area contributed by atoms with Crippen LogP contribution in [-0.2, 0) is 14.3 Å². The standard InChI is InChI=1S/C19H17N3O5S/c1-10(18(25)21-13-5-2-11(3-6-13)17(20)24)27-19(26)12-4-7-15-14(8-12)22-16(23)9-28-15/h2-8,10H,9H2,1H3,(H2,20,24)(H,21,25)(H,22,23)/t10-/m1/s1. The number of hydrogen-bond donors (Lipinski definition) is 3. The number of nitrogens with two attached hydrogens (primary N) is 1. The van der Waals surface area contributed by atoms with Crippen molar-refractivity contribution in [3.63, 3.8) is 0 Å². The van der Waals surface area contributed by atoms with E-state index < -0.39 is 23.9 Å². The molecule has 1 heterocycles. The number of amides is 3. The molecule has 1 aliphatic rings. The molecule has 0 aliphatic carbocycles. The summed E-state index contributed by atoms with van der Waals surface area (Å²) in [6.45, 7) is 1.45. The highest BCUT2D eigenvalue weighted by Crippen LogP contribution is 2.32.